The predicted molar refractivity (Wildman–Crippen MR) is 69.3 cm³/mol. The highest BCUT2D eigenvalue weighted by Crippen LogP contribution is 2.20. The van der Waals surface area contributed by atoms with Crippen LogP contribution in [0.4, 0.5) is 4.39 Å². The summed E-state index contributed by atoms with van der Waals surface area (Å²) in [6.07, 6.45) is -0.265. The lowest BCUT2D eigenvalue weighted by Gasteiger charge is -2.12. The lowest BCUT2D eigenvalue weighted by Crippen LogP contribution is -2.33. The molecule has 7 heteroatoms. The summed E-state index contributed by atoms with van der Waals surface area (Å²) < 4.78 is 18.8. The van der Waals surface area contributed by atoms with Gasteiger partial charge in [-0.15, -0.1) is 0 Å². The van der Waals surface area contributed by atoms with Crippen LogP contribution in [0.5, 0.6) is 0 Å². The number of carboxylic acid groups (broad SMARTS) is 1. The molecule has 0 saturated carbocycles. The Morgan fingerprint density at radius 2 is 2.20 bits per heavy atom. The number of halogens is 2. The number of ether oxygens (including phenoxy) is 1. The first-order valence-corrected chi connectivity index (χ1v) is 6.47. The van der Waals surface area contributed by atoms with E-state index in [2.05, 4.69) is 5.32 Å². The molecule has 1 aliphatic heterocycles. The Labute approximate surface area is 119 Å². The molecule has 1 aromatic carbocycles. The van der Waals surface area contributed by atoms with E-state index in [1.165, 1.54) is 18.2 Å². The zero-order chi connectivity index (χ0) is 14.7. The molecule has 1 saturated heterocycles. The summed E-state index contributed by atoms with van der Waals surface area (Å²) >= 11 is 5.59. The lowest BCUT2D eigenvalue weighted by molar-refractivity contribution is -0.149. The monoisotopic (exact) mass is 301 g/mol. The van der Waals surface area contributed by atoms with Gasteiger partial charge in [0, 0.05) is 6.54 Å². The Kier molecular flexibility index (Phi) is 4.57. The first kappa shape index (κ1) is 14.7. The van der Waals surface area contributed by atoms with E-state index < -0.39 is 23.8 Å². The number of hydrogen-bond acceptors (Lipinski definition) is 3. The molecule has 2 N–H and O–H groups in total. The average molecular weight is 302 g/mol. The number of carbonyl (C=O) groups excluding carboxylic acids is 1. The fourth-order valence-corrected chi connectivity index (χ4v) is 2.19. The van der Waals surface area contributed by atoms with Crippen molar-refractivity contribution >= 4 is 23.5 Å². The Morgan fingerprint density at radius 3 is 2.85 bits per heavy atom. The fourth-order valence-electron chi connectivity index (χ4n) is 2.02. The quantitative estimate of drug-likeness (QED) is 0.890. The van der Waals surface area contributed by atoms with E-state index in [9.17, 15) is 14.0 Å². The smallest absolute Gasteiger partial charge is 0.332 e. The second-order valence-electron chi connectivity index (χ2n) is 4.47. The summed E-state index contributed by atoms with van der Waals surface area (Å²) in [5.74, 6) is -2.39. The normalized spacial score (nSPS) is 21.7. The van der Waals surface area contributed by atoms with Crippen molar-refractivity contribution in [2.75, 3.05) is 6.54 Å². The minimum Gasteiger partial charge on any atom is -0.479 e. The first-order chi connectivity index (χ1) is 9.49. The zero-order valence-electron chi connectivity index (χ0n) is 10.4. The molecule has 1 aliphatic rings. The topological polar surface area (TPSA) is 75.6 Å². The van der Waals surface area contributed by atoms with Gasteiger partial charge in [-0.05, 0) is 25.0 Å². The molecule has 2 atom stereocenters. The lowest BCUT2D eigenvalue weighted by atomic mass is 10.1. The van der Waals surface area contributed by atoms with Crippen molar-refractivity contribution in [3.8, 4) is 0 Å². The highest BCUT2D eigenvalue weighted by atomic mass is 35.5. The molecule has 5 nitrogen and oxygen atoms in total. The van der Waals surface area contributed by atoms with E-state index in [0.717, 1.165) is 0 Å². The maximum Gasteiger partial charge on any atom is 0.332 e. The van der Waals surface area contributed by atoms with Gasteiger partial charge in [0.05, 0.1) is 16.7 Å². The van der Waals surface area contributed by atoms with Gasteiger partial charge in [-0.3, -0.25) is 4.79 Å². The van der Waals surface area contributed by atoms with Gasteiger partial charge >= 0.3 is 5.97 Å². The number of rotatable bonds is 4. The van der Waals surface area contributed by atoms with Crippen molar-refractivity contribution in [1.29, 1.82) is 0 Å². The van der Waals surface area contributed by atoms with E-state index in [1.54, 1.807) is 0 Å². The van der Waals surface area contributed by atoms with Gasteiger partial charge in [0.15, 0.2) is 11.9 Å². The molecule has 20 heavy (non-hydrogen) atoms. The first-order valence-electron chi connectivity index (χ1n) is 6.09. The third-order valence-electron chi connectivity index (χ3n) is 3.07. The van der Waals surface area contributed by atoms with Gasteiger partial charge in [-0.25, -0.2) is 9.18 Å². The summed E-state index contributed by atoms with van der Waals surface area (Å²) in [4.78, 5) is 22.5. The highest BCUT2D eigenvalue weighted by molar-refractivity contribution is 6.31. The molecule has 2 rings (SSSR count). The maximum absolute atomic E-state index is 13.6. The molecule has 2 unspecified atom stereocenters. The van der Waals surface area contributed by atoms with Crippen LogP contribution in [0.3, 0.4) is 0 Å². The minimum atomic E-state index is -1.01. The highest BCUT2D eigenvalue weighted by Gasteiger charge is 2.30. The average Bonchev–Trinajstić information content (AvgIpc) is 2.88. The van der Waals surface area contributed by atoms with Crippen molar-refractivity contribution in [2.24, 2.45) is 0 Å². The van der Waals surface area contributed by atoms with Gasteiger partial charge in [-0.2, -0.15) is 0 Å². The molecule has 0 aliphatic carbocycles. The summed E-state index contributed by atoms with van der Waals surface area (Å²) in [6.45, 7) is 0.133. The molecule has 0 spiro atoms. The van der Waals surface area contributed by atoms with E-state index in [0.29, 0.717) is 12.8 Å². The number of carbonyl (C=O) groups is 2. The van der Waals surface area contributed by atoms with Crippen LogP contribution >= 0.6 is 11.6 Å². The van der Waals surface area contributed by atoms with Crippen molar-refractivity contribution < 1.29 is 23.8 Å². The molecular formula is C13H13ClFNO4. The van der Waals surface area contributed by atoms with Crippen molar-refractivity contribution in [1.82, 2.24) is 5.32 Å². The van der Waals surface area contributed by atoms with Gasteiger partial charge < -0.3 is 15.2 Å². The second kappa shape index (κ2) is 6.19. The molecule has 0 bridgehead atoms. The minimum absolute atomic E-state index is 0.124. The number of benzene rings is 1. The van der Waals surface area contributed by atoms with Crippen molar-refractivity contribution in [3.05, 3.63) is 34.6 Å². The molecule has 0 radical (unpaired) electrons. The number of hydrogen-bond donors (Lipinski definition) is 2. The van der Waals surface area contributed by atoms with Gasteiger partial charge in [0.2, 0.25) is 0 Å². The van der Waals surface area contributed by atoms with Crippen LogP contribution in [0.15, 0.2) is 18.2 Å². The SMILES string of the molecule is O=C(NCC1CCC(C(=O)O)O1)c1cccc(Cl)c1F. The van der Waals surface area contributed by atoms with Crippen LogP contribution in [0.25, 0.3) is 0 Å². The molecule has 1 heterocycles. The fraction of sp³-hybridized carbons (Fsp3) is 0.385. The summed E-state index contributed by atoms with van der Waals surface area (Å²) in [6, 6.07) is 4.16. The largest absolute Gasteiger partial charge is 0.479 e. The predicted octanol–water partition coefficient (Wildman–Crippen LogP) is 1.84. The second-order valence-corrected chi connectivity index (χ2v) is 4.88. The molecular weight excluding hydrogens is 289 g/mol. The Balaban J connectivity index is 1.90. The third kappa shape index (κ3) is 3.26. The van der Waals surface area contributed by atoms with Crippen molar-refractivity contribution in [3.63, 3.8) is 0 Å². The van der Waals surface area contributed by atoms with E-state index >= 15 is 0 Å². The maximum atomic E-state index is 13.6. The van der Waals surface area contributed by atoms with Gasteiger partial charge in [-0.1, -0.05) is 17.7 Å². The molecule has 1 amide bonds. The van der Waals surface area contributed by atoms with Crippen LogP contribution < -0.4 is 5.32 Å². The van der Waals surface area contributed by atoms with Crippen LogP contribution in [0.2, 0.25) is 5.02 Å². The summed E-state index contributed by atoms with van der Waals surface area (Å²) in [5.41, 5.74) is -0.148. The standard InChI is InChI=1S/C13H13ClFNO4/c14-9-3-1-2-8(11(9)15)12(17)16-6-7-4-5-10(20-7)13(18)19/h1-3,7,10H,4-6H2,(H,16,17)(H,18,19). The Morgan fingerprint density at radius 1 is 1.45 bits per heavy atom. The van der Waals surface area contributed by atoms with Crippen LogP contribution in [-0.4, -0.2) is 35.7 Å². The molecule has 1 aromatic rings. The van der Waals surface area contributed by atoms with Crippen LogP contribution in [-0.2, 0) is 9.53 Å². The van der Waals surface area contributed by atoms with Gasteiger partial charge in [0.25, 0.3) is 5.91 Å². The Bertz CT molecular complexity index is 537. The number of aliphatic carboxylic acids is 1. The molecule has 108 valence electrons. The molecule has 0 aromatic heterocycles. The third-order valence-corrected chi connectivity index (χ3v) is 3.36. The molecule has 1 fully saturated rings. The van der Waals surface area contributed by atoms with E-state index in [4.69, 9.17) is 21.4 Å². The van der Waals surface area contributed by atoms with E-state index in [1.807, 2.05) is 0 Å². The number of amides is 1. The number of carboxylic acids is 1. The summed E-state index contributed by atoms with van der Waals surface area (Å²) in [7, 11) is 0. The van der Waals surface area contributed by atoms with Crippen LogP contribution in [0, 0.1) is 5.82 Å². The Hall–Kier alpha value is -1.66. The van der Waals surface area contributed by atoms with Crippen molar-refractivity contribution in [2.45, 2.75) is 25.0 Å². The van der Waals surface area contributed by atoms with Gasteiger partial charge in [0.1, 0.15) is 0 Å². The summed E-state index contributed by atoms with van der Waals surface area (Å²) in [5, 5.41) is 11.2. The zero-order valence-corrected chi connectivity index (χ0v) is 11.2. The number of nitrogens with one attached hydrogen (secondary N) is 1. The van der Waals surface area contributed by atoms with E-state index in [-0.39, 0.29) is 23.2 Å². The van der Waals surface area contributed by atoms with Crippen LogP contribution in [0.1, 0.15) is 23.2 Å².